The fraction of sp³-hybridized carbons (Fsp3) is 0.273. The van der Waals surface area contributed by atoms with Gasteiger partial charge in [-0.05, 0) is 18.6 Å². The number of carbonyl (C=O) groups is 1. The minimum Gasteiger partial charge on any atom is -0.287 e. The van der Waals surface area contributed by atoms with Crippen molar-refractivity contribution >= 4 is 40.3 Å². The third-order valence-corrected chi connectivity index (χ3v) is 3.77. The third-order valence-electron chi connectivity index (χ3n) is 2.29. The molecule has 0 radical (unpaired) electrons. The number of hydrogen-bond acceptors (Lipinski definition) is 3. The van der Waals surface area contributed by atoms with E-state index < -0.39 is 0 Å². The third kappa shape index (κ3) is 2.54. The van der Waals surface area contributed by atoms with Crippen LogP contribution in [0.5, 0.6) is 0 Å². The van der Waals surface area contributed by atoms with Crippen molar-refractivity contribution in [3.63, 3.8) is 0 Å². The molecule has 0 aromatic carbocycles. The van der Waals surface area contributed by atoms with Gasteiger partial charge in [0.05, 0.1) is 9.90 Å². The van der Waals surface area contributed by atoms with Crippen LogP contribution in [0.3, 0.4) is 0 Å². The summed E-state index contributed by atoms with van der Waals surface area (Å²) >= 11 is 13.0. The lowest BCUT2D eigenvalue weighted by molar-refractivity contribution is 0.102. The first-order valence-corrected chi connectivity index (χ1v) is 6.72. The molecule has 2 heterocycles. The van der Waals surface area contributed by atoms with E-state index in [2.05, 4.69) is 5.10 Å². The molecule has 0 aliphatic heterocycles. The molecule has 2 aromatic rings. The van der Waals surface area contributed by atoms with Gasteiger partial charge in [0, 0.05) is 12.7 Å². The lowest BCUT2D eigenvalue weighted by Crippen LogP contribution is -2.11. The van der Waals surface area contributed by atoms with Crippen LogP contribution < -0.4 is 0 Å². The largest absolute Gasteiger partial charge is 0.287 e. The molecule has 0 bridgehead atoms. The number of thiophene rings is 1. The highest BCUT2D eigenvalue weighted by atomic mass is 35.5. The van der Waals surface area contributed by atoms with Crippen molar-refractivity contribution in [1.82, 2.24) is 9.78 Å². The summed E-state index contributed by atoms with van der Waals surface area (Å²) in [6, 6.07) is 3.29. The van der Waals surface area contributed by atoms with E-state index in [1.54, 1.807) is 23.0 Å². The Morgan fingerprint density at radius 1 is 1.53 bits per heavy atom. The Kier molecular flexibility index (Phi) is 3.86. The van der Waals surface area contributed by atoms with Crippen LogP contribution in [-0.4, -0.2) is 15.6 Å². The smallest absolute Gasteiger partial charge is 0.213 e. The molecule has 2 rings (SSSR count). The van der Waals surface area contributed by atoms with Crippen LogP contribution in [0.2, 0.25) is 8.67 Å². The Morgan fingerprint density at radius 2 is 2.29 bits per heavy atom. The molecule has 0 N–H and O–H groups in total. The SMILES string of the molecule is CCCn1nccc1C(=O)c1cc(Cl)sc1Cl. The molecular weight excluding hydrogens is 279 g/mol. The van der Waals surface area contributed by atoms with Gasteiger partial charge in [0.1, 0.15) is 10.0 Å². The van der Waals surface area contributed by atoms with Gasteiger partial charge < -0.3 is 0 Å². The number of hydrogen-bond donors (Lipinski definition) is 0. The zero-order valence-electron chi connectivity index (χ0n) is 9.11. The topological polar surface area (TPSA) is 34.9 Å². The molecule has 0 saturated carbocycles. The number of nitrogens with zero attached hydrogens (tertiary/aromatic N) is 2. The van der Waals surface area contributed by atoms with E-state index in [1.807, 2.05) is 6.92 Å². The predicted molar refractivity (Wildman–Crippen MR) is 70.3 cm³/mol. The fourth-order valence-electron chi connectivity index (χ4n) is 1.55. The molecule has 0 saturated heterocycles. The Labute approximate surface area is 113 Å². The summed E-state index contributed by atoms with van der Waals surface area (Å²) in [5.41, 5.74) is 0.989. The first kappa shape index (κ1) is 12.6. The number of halogens is 2. The van der Waals surface area contributed by atoms with Crippen LogP contribution in [0.15, 0.2) is 18.3 Å². The van der Waals surface area contributed by atoms with Crippen molar-refractivity contribution in [2.45, 2.75) is 19.9 Å². The monoisotopic (exact) mass is 288 g/mol. The standard InChI is InChI=1S/C11H10Cl2N2OS/c1-2-5-15-8(3-4-14-15)10(16)7-6-9(12)17-11(7)13/h3-4,6H,2,5H2,1H3. The summed E-state index contributed by atoms with van der Waals surface area (Å²) in [6.07, 6.45) is 2.53. The summed E-state index contributed by atoms with van der Waals surface area (Å²) in [6.45, 7) is 2.74. The molecule has 0 amide bonds. The summed E-state index contributed by atoms with van der Waals surface area (Å²) in [5.74, 6) is -0.135. The van der Waals surface area contributed by atoms with E-state index in [9.17, 15) is 4.79 Å². The predicted octanol–water partition coefficient (Wildman–Crippen LogP) is 3.89. The van der Waals surface area contributed by atoms with E-state index in [1.165, 1.54) is 11.3 Å². The minimum atomic E-state index is -0.135. The molecule has 0 aliphatic rings. The van der Waals surface area contributed by atoms with Crippen molar-refractivity contribution in [3.05, 3.63) is 38.3 Å². The minimum absolute atomic E-state index is 0.135. The second kappa shape index (κ2) is 5.21. The second-order valence-electron chi connectivity index (χ2n) is 3.51. The van der Waals surface area contributed by atoms with Gasteiger partial charge >= 0.3 is 0 Å². The lowest BCUT2D eigenvalue weighted by Gasteiger charge is -2.04. The van der Waals surface area contributed by atoms with Crippen molar-refractivity contribution in [1.29, 1.82) is 0 Å². The average Bonchev–Trinajstić information content (AvgIpc) is 2.85. The van der Waals surface area contributed by atoms with Gasteiger partial charge in [-0.15, -0.1) is 11.3 Å². The molecule has 90 valence electrons. The van der Waals surface area contributed by atoms with Crippen molar-refractivity contribution in [2.24, 2.45) is 0 Å². The molecule has 17 heavy (non-hydrogen) atoms. The first-order valence-electron chi connectivity index (χ1n) is 5.14. The maximum absolute atomic E-state index is 12.2. The van der Waals surface area contributed by atoms with Crippen molar-refractivity contribution in [2.75, 3.05) is 0 Å². The van der Waals surface area contributed by atoms with Crippen LogP contribution in [0.1, 0.15) is 29.4 Å². The summed E-state index contributed by atoms with van der Waals surface area (Å²) in [4.78, 5) is 12.2. The molecule has 6 heteroatoms. The van der Waals surface area contributed by atoms with Gasteiger partial charge in [0.25, 0.3) is 0 Å². The Balaban J connectivity index is 2.37. The Bertz CT molecular complexity index is 547. The van der Waals surface area contributed by atoms with Crippen LogP contribution in [0, 0.1) is 0 Å². The fourth-order valence-corrected chi connectivity index (χ4v) is 3.01. The quantitative estimate of drug-likeness (QED) is 0.800. The number of rotatable bonds is 4. The molecule has 3 nitrogen and oxygen atoms in total. The molecule has 0 fully saturated rings. The normalized spacial score (nSPS) is 10.8. The molecule has 0 unspecified atom stereocenters. The van der Waals surface area contributed by atoms with E-state index >= 15 is 0 Å². The summed E-state index contributed by atoms with van der Waals surface area (Å²) < 4.78 is 2.62. The lowest BCUT2D eigenvalue weighted by atomic mass is 10.1. The van der Waals surface area contributed by atoms with Gasteiger partial charge in [0.15, 0.2) is 0 Å². The molecule has 2 aromatic heterocycles. The second-order valence-corrected chi connectivity index (χ2v) is 5.79. The van der Waals surface area contributed by atoms with Crippen LogP contribution >= 0.6 is 34.5 Å². The van der Waals surface area contributed by atoms with Gasteiger partial charge in [-0.1, -0.05) is 30.1 Å². The highest BCUT2D eigenvalue weighted by Gasteiger charge is 2.19. The Hall–Kier alpha value is -0.840. The molecular formula is C11H10Cl2N2OS. The van der Waals surface area contributed by atoms with E-state index in [-0.39, 0.29) is 5.78 Å². The van der Waals surface area contributed by atoms with Gasteiger partial charge in [-0.25, -0.2) is 0 Å². The summed E-state index contributed by atoms with van der Waals surface area (Å²) in [7, 11) is 0. The first-order chi connectivity index (χ1) is 8.13. The molecule has 0 atom stereocenters. The molecule has 0 aliphatic carbocycles. The number of ketones is 1. The van der Waals surface area contributed by atoms with Crippen molar-refractivity contribution < 1.29 is 4.79 Å². The highest BCUT2D eigenvalue weighted by molar-refractivity contribution is 7.20. The maximum Gasteiger partial charge on any atom is 0.213 e. The van der Waals surface area contributed by atoms with Gasteiger partial charge in [0.2, 0.25) is 5.78 Å². The van der Waals surface area contributed by atoms with Crippen LogP contribution in [0.4, 0.5) is 0 Å². The number of carbonyl (C=O) groups excluding carboxylic acids is 1. The van der Waals surface area contributed by atoms with Crippen LogP contribution in [-0.2, 0) is 6.54 Å². The number of aryl methyl sites for hydroxylation is 1. The van der Waals surface area contributed by atoms with E-state index in [0.717, 1.165) is 6.42 Å². The maximum atomic E-state index is 12.2. The van der Waals surface area contributed by atoms with E-state index in [0.29, 0.717) is 26.5 Å². The van der Waals surface area contributed by atoms with E-state index in [4.69, 9.17) is 23.2 Å². The summed E-state index contributed by atoms with van der Waals surface area (Å²) in [5, 5.41) is 4.11. The zero-order valence-corrected chi connectivity index (χ0v) is 11.4. The molecule has 0 spiro atoms. The van der Waals surface area contributed by atoms with Crippen LogP contribution in [0.25, 0.3) is 0 Å². The Morgan fingerprint density at radius 3 is 2.88 bits per heavy atom. The zero-order chi connectivity index (χ0) is 12.4. The number of aromatic nitrogens is 2. The van der Waals surface area contributed by atoms with Gasteiger partial charge in [-0.2, -0.15) is 5.10 Å². The van der Waals surface area contributed by atoms with Gasteiger partial charge in [-0.3, -0.25) is 9.48 Å². The van der Waals surface area contributed by atoms with Crippen molar-refractivity contribution in [3.8, 4) is 0 Å². The average molecular weight is 289 g/mol. The highest BCUT2D eigenvalue weighted by Crippen LogP contribution is 2.32.